The number of rotatable bonds is 8. The molecule has 0 bridgehead atoms. The molecule has 1 N–H and O–H groups in total. The lowest BCUT2D eigenvalue weighted by Gasteiger charge is -2.11. The summed E-state index contributed by atoms with van der Waals surface area (Å²) in [7, 11) is 1.51. The number of aryl methyl sites for hydroxylation is 1. The molecule has 2 aromatic rings. The fourth-order valence-electron chi connectivity index (χ4n) is 2.35. The smallest absolute Gasteiger partial charge is 0.433 e. The van der Waals surface area contributed by atoms with Gasteiger partial charge in [-0.3, -0.25) is 9.78 Å². The number of amides is 1. The molecule has 5 nitrogen and oxygen atoms in total. The summed E-state index contributed by atoms with van der Waals surface area (Å²) in [6, 6.07) is 7.46. The molecule has 0 saturated heterocycles. The number of ether oxygens (including phenoxy) is 2. The Morgan fingerprint density at radius 2 is 1.96 bits per heavy atom. The van der Waals surface area contributed by atoms with Crippen molar-refractivity contribution < 1.29 is 27.4 Å². The van der Waals surface area contributed by atoms with Gasteiger partial charge in [0.25, 0.3) is 0 Å². The van der Waals surface area contributed by atoms with E-state index in [-0.39, 0.29) is 25.5 Å². The van der Waals surface area contributed by atoms with Crippen molar-refractivity contribution in [3.05, 3.63) is 53.3 Å². The summed E-state index contributed by atoms with van der Waals surface area (Å²) in [4.78, 5) is 15.3. The van der Waals surface area contributed by atoms with Crippen LogP contribution in [-0.4, -0.2) is 24.6 Å². The highest BCUT2D eigenvalue weighted by molar-refractivity contribution is 5.76. The molecule has 0 radical (unpaired) electrons. The van der Waals surface area contributed by atoms with Gasteiger partial charge in [0.05, 0.1) is 7.11 Å². The molecule has 1 amide bonds. The third-order valence-electron chi connectivity index (χ3n) is 3.78. The molecular weight excluding hydrogens is 373 g/mol. The number of terminal acetylenes is 1. The molecule has 0 atom stereocenters. The van der Waals surface area contributed by atoms with Crippen LogP contribution in [0.2, 0.25) is 0 Å². The van der Waals surface area contributed by atoms with E-state index in [1.807, 2.05) is 0 Å². The summed E-state index contributed by atoms with van der Waals surface area (Å²) in [5, 5.41) is 2.66. The maximum Gasteiger partial charge on any atom is 0.433 e. The molecule has 0 aliphatic rings. The molecule has 148 valence electrons. The molecule has 0 fully saturated rings. The van der Waals surface area contributed by atoms with Crippen LogP contribution in [-0.2, 0) is 23.9 Å². The van der Waals surface area contributed by atoms with E-state index >= 15 is 0 Å². The highest BCUT2D eigenvalue weighted by atomic mass is 19.4. The minimum absolute atomic E-state index is 0.103. The molecule has 28 heavy (non-hydrogen) atoms. The van der Waals surface area contributed by atoms with Crippen molar-refractivity contribution in [3.63, 3.8) is 0 Å². The zero-order valence-electron chi connectivity index (χ0n) is 15.2. The molecular formula is C20H19F3N2O3. The van der Waals surface area contributed by atoms with E-state index in [0.717, 1.165) is 17.8 Å². The van der Waals surface area contributed by atoms with Gasteiger partial charge in [-0.2, -0.15) is 13.2 Å². The number of hydrogen-bond acceptors (Lipinski definition) is 4. The number of carbonyl (C=O) groups excluding carboxylic acids is 1. The SMILES string of the molecule is C#CCOc1ccc(CCC(=O)NCc2ccc(C(F)(F)F)nc2)cc1OC. The molecule has 1 aromatic carbocycles. The monoisotopic (exact) mass is 392 g/mol. The van der Waals surface area contributed by atoms with Crippen molar-refractivity contribution >= 4 is 5.91 Å². The van der Waals surface area contributed by atoms with Gasteiger partial charge in [0, 0.05) is 19.2 Å². The first-order valence-electron chi connectivity index (χ1n) is 8.35. The van der Waals surface area contributed by atoms with Gasteiger partial charge in [-0.1, -0.05) is 18.1 Å². The fraction of sp³-hybridized carbons (Fsp3) is 0.300. The Bertz CT molecular complexity index is 843. The molecule has 1 aromatic heterocycles. The van der Waals surface area contributed by atoms with Crippen LogP contribution in [0.4, 0.5) is 13.2 Å². The van der Waals surface area contributed by atoms with Gasteiger partial charge < -0.3 is 14.8 Å². The predicted octanol–water partition coefficient (Wildman–Crippen LogP) is 3.37. The highest BCUT2D eigenvalue weighted by Crippen LogP contribution is 2.28. The third-order valence-corrected chi connectivity index (χ3v) is 3.78. The number of halogens is 3. The summed E-state index contributed by atoms with van der Waals surface area (Å²) in [5.41, 5.74) is 0.389. The van der Waals surface area contributed by atoms with Crippen molar-refractivity contribution in [2.24, 2.45) is 0 Å². The highest BCUT2D eigenvalue weighted by Gasteiger charge is 2.31. The first kappa shape index (κ1) is 21.1. The number of pyridine rings is 1. The molecule has 0 spiro atoms. The second-order valence-corrected chi connectivity index (χ2v) is 5.80. The van der Waals surface area contributed by atoms with Gasteiger partial charge in [0.15, 0.2) is 11.5 Å². The zero-order chi connectivity index (χ0) is 20.6. The first-order valence-corrected chi connectivity index (χ1v) is 8.35. The number of nitrogens with one attached hydrogen (secondary N) is 1. The standard InChI is InChI=1S/C20H19F3N2O3/c1-3-10-28-16-7-4-14(11-17(16)27-2)6-9-19(26)25-13-15-5-8-18(24-12-15)20(21,22)23/h1,4-5,7-8,11-12H,6,9-10,13H2,2H3,(H,25,26). The van der Waals surface area contributed by atoms with Crippen molar-refractivity contribution in [2.45, 2.75) is 25.6 Å². The number of aromatic nitrogens is 1. The fourth-order valence-corrected chi connectivity index (χ4v) is 2.35. The molecule has 0 aliphatic carbocycles. The van der Waals surface area contributed by atoms with Gasteiger partial charge in [0.2, 0.25) is 5.91 Å². The lowest BCUT2D eigenvalue weighted by atomic mass is 10.1. The van der Waals surface area contributed by atoms with E-state index < -0.39 is 11.9 Å². The van der Waals surface area contributed by atoms with Crippen LogP contribution < -0.4 is 14.8 Å². The quantitative estimate of drug-likeness (QED) is 0.700. The summed E-state index contributed by atoms with van der Waals surface area (Å²) in [6.45, 7) is 0.225. The Hall–Kier alpha value is -3.21. The topological polar surface area (TPSA) is 60.5 Å². The van der Waals surface area contributed by atoms with Gasteiger partial charge in [0.1, 0.15) is 12.3 Å². The summed E-state index contributed by atoms with van der Waals surface area (Å²) in [5.74, 6) is 3.17. The average Bonchev–Trinajstić information content (AvgIpc) is 2.69. The van der Waals surface area contributed by atoms with Crippen LogP contribution in [0, 0.1) is 12.3 Å². The third kappa shape index (κ3) is 6.20. The van der Waals surface area contributed by atoms with Crippen molar-refractivity contribution in [1.82, 2.24) is 10.3 Å². The maximum atomic E-state index is 12.5. The summed E-state index contributed by atoms with van der Waals surface area (Å²) in [6.07, 6.45) is 2.45. The Kier molecular flexibility index (Phi) is 7.27. The average molecular weight is 392 g/mol. The number of methoxy groups -OCH3 is 1. The Balaban J connectivity index is 1.84. The number of hydrogen-bond donors (Lipinski definition) is 1. The van der Waals surface area contributed by atoms with Crippen LogP contribution in [0.5, 0.6) is 11.5 Å². The van der Waals surface area contributed by atoms with Gasteiger partial charge >= 0.3 is 6.18 Å². The van der Waals surface area contributed by atoms with Crippen molar-refractivity contribution in [2.75, 3.05) is 13.7 Å². The van der Waals surface area contributed by atoms with Crippen LogP contribution in [0.15, 0.2) is 36.5 Å². The van der Waals surface area contributed by atoms with Crippen LogP contribution in [0.3, 0.4) is 0 Å². The Morgan fingerprint density at radius 1 is 1.21 bits per heavy atom. The second kappa shape index (κ2) is 9.65. The lowest BCUT2D eigenvalue weighted by molar-refractivity contribution is -0.141. The minimum Gasteiger partial charge on any atom is -0.493 e. The largest absolute Gasteiger partial charge is 0.493 e. The first-order chi connectivity index (χ1) is 13.3. The molecule has 0 saturated carbocycles. The van der Waals surface area contributed by atoms with Gasteiger partial charge in [-0.15, -0.1) is 6.42 Å². The number of nitrogens with zero attached hydrogens (tertiary/aromatic N) is 1. The van der Waals surface area contributed by atoms with E-state index in [9.17, 15) is 18.0 Å². The van der Waals surface area contributed by atoms with Crippen molar-refractivity contribution in [3.8, 4) is 23.8 Å². The molecule has 2 rings (SSSR count). The summed E-state index contributed by atoms with van der Waals surface area (Å²) >= 11 is 0. The molecule has 0 aliphatic heterocycles. The Morgan fingerprint density at radius 3 is 2.57 bits per heavy atom. The molecule has 1 heterocycles. The minimum atomic E-state index is -4.48. The van der Waals surface area contributed by atoms with Crippen molar-refractivity contribution in [1.29, 1.82) is 0 Å². The van der Waals surface area contributed by atoms with Crippen LogP contribution >= 0.6 is 0 Å². The summed E-state index contributed by atoms with van der Waals surface area (Å²) < 4.78 is 48.0. The van der Waals surface area contributed by atoms with Crippen LogP contribution in [0.1, 0.15) is 23.2 Å². The van der Waals surface area contributed by atoms with E-state index in [0.29, 0.717) is 23.5 Å². The maximum absolute atomic E-state index is 12.5. The van der Waals surface area contributed by atoms with E-state index in [1.165, 1.54) is 13.2 Å². The number of carbonyl (C=O) groups is 1. The second-order valence-electron chi connectivity index (χ2n) is 5.80. The predicted molar refractivity (Wildman–Crippen MR) is 96.7 cm³/mol. The molecule has 0 unspecified atom stereocenters. The van der Waals surface area contributed by atoms with E-state index in [1.54, 1.807) is 18.2 Å². The lowest BCUT2D eigenvalue weighted by Crippen LogP contribution is -2.23. The number of benzene rings is 1. The number of alkyl halides is 3. The van der Waals surface area contributed by atoms with Crippen LogP contribution in [0.25, 0.3) is 0 Å². The van der Waals surface area contributed by atoms with Gasteiger partial charge in [-0.05, 0) is 35.7 Å². The Labute approximate surface area is 160 Å². The normalized spacial score (nSPS) is 10.8. The van der Waals surface area contributed by atoms with Gasteiger partial charge in [-0.25, -0.2) is 0 Å². The van der Waals surface area contributed by atoms with E-state index in [4.69, 9.17) is 15.9 Å². The molecule has 8 heteroatoms. The van der Waals surface area contributed by atoms with E-state index in [2.05, 4.69) is 16.2 Å². The zero-order valence-corrected chi connectivity index (χ0v) is 15.2.